The van der Waals surface area contributed by atoms with E-state index in [-0.39, 0.29) is 5.92 Å². The molecule has 0 heterocycles. The number of allylic oxidation sites excluding steroid dienone is 2. The second-order valence-corrected chi connectivity index (χ2v) is 6.60. The highest BCUT2D eigenvalue weighted by atomic mass is 16.5. The Labute approximate surface area is 150 Å². The highest BCUT2D eigenvalue weighted by molar-refractivity contribution is 6.01. The summed E-state index contributed by atoms with van der Waals surface area (Å²) in [5.41, 5.74) is 1.29. The molecule has 136 valence electrons. The molecule has 0 aliphatic heterocycles. The molecule has 1 aliphatic carbocycles. The number of benzene rings is 1. The van der Waals surface area contributed by atoms with Gasteiger partial charge in [0, 0.05) is 5.92 Å². The molecule has 0 radical (unpaired) electrons. The Balaban J connectivity index is 2.09. The van der Waals surface area contributed by atoms with Gasteiger partial charge in [-0.1, -0.05) is 48.4 Å². The molecular weight excluding hydrogens is 316 g/mol. The molecule has 0 N–H and O–H groups in total. The van der Waals surface area contributed by atoms with E-state index in [1.165, 1.54) is 19.8 Å². The lowest BCUT2D eigenvalue weighted by molar-refractivity contribution is -0.171. The number of hydrogen-bond acceptors (Lipinski definition) is 4. The topological polar surface area (TPSA) is 52.6 Å². The molecule has 1 aliphatic rings. The summed E-state index contributed by atoms with van der Waals surface area (Å²) in [5, 5.41) is 0. The summed E-state index contributed by atoms with van der Waals surface area (Å²) in [6.07, 6.45) is 7.01. The highest BCUT2D eigenvalue weighted by Crippen LogP contribution is 2.50. The number of rotatable bonds is 7. The molecule has 0 saturated heterocycles. The van der Waals surface area contributed by atoms with Crippen LogP contribution in [0.5, 0.6) is 0 Å². The molecule has 1 aromatic rings. The molecule has 4 nitrogen and oxygen atoms in total. The van der Waals surface area contributed by atoms with Crippen LogP contribution >= 0.6 is 0 Å². The quantitative estimate of drug-likeness (QED) is 0.324. The average Bonchev–Trinajstić information content (AvgIpc) is 3.04. The monoisotopic (exact) mass is 344 g/mol. The van der Waals surface area contributed by atoms with Gasteiger partial charge in [0.2, 0.25) is 0 Å². The molecule has 1 atom stereocenters. The van der Waals surface area contributed by atoms with E-state index in [0.29, 0.717) is 6.42 Å². The zero-order valence-corrected chi connectivity index (χ0v) is 15.4. The summed E-state index contributed by atoms with van der Waals surface area (Å²) in [7, 11) is 2.68. The first-order valence-electron chi connectivity index (χ1n) is 8.96. The van der Waals surface area contributed by atoms with Crippen molar-refractivity contribution in [3.8, 4) is 0 Å². The first kappa shape index (κ1) is 19.2. The molecule has 1 aromatic carbocycles. The van der Waals surface area contributed by atoms with Gasteiger partial charge in [-0.2, -0.15) is 0 Å². The van der Waals surface area contributed by atoms with E-state index in [1.54, 1.807) is 0 Å². The fourth-order valence-corrected chi connectivity index (χ4v) is 4.04. The van der Waals surface area contributed by atoms with Crippen LogP contribution in [0.1, 0.15) is 44.6 Å². The molecule has 25 heavy (non-hydrogen) atoms. The van der Waals surface area contributed by atoms with Gasteiger partial charge in [-0.3, -0.25) is 9.59 Å². The fourth-order valence-electron chi connectivity index (χ4n) is 4.04. The standard InChI is InChI=1S/C21H28O4/c1-4-17-14-15-21(19(22)24-2,20(23)25-3)18(17)13-9-8-12-16-10-6-5-7-11-16/h4-7,10-11,18H,8-9,12-15H2,1-3H3/b17-4+. The van der Waals surface area contributed by atoms with Crippen LogP contribution in [0.4, 0.5) is 0 Å². The van der Waals surface area contributed by atoms with E-state index in [2.05, 4.69) is 12.1 Å². The maximum absolute atomic E-state index is 12.5. The van der Waals surface area contributed by atoms with E-state index in [1.807, 2.05) is 31.2 Å². The van der Waals surface area contributed by atoms with Crippen molar-refractivity contribution in [3.63, 3.8) is 0 Å². The number of unbranched alkanes of at least 4 members (excludes halogenated alkanes) is 1. The van der Waals surface area contributed by atoms with E-state index in [0.717, 1.165) is 37.7 Å². The van der Waals surface area contributed by atoms with Crippen molar-refractivity contribution in [3.05, 3.63) is 47.5 Å². The number of carbonyl (C=O) groups excluding carboxylic acids is 2. The van der Waals surface area contributed by atoms with Crippen LogP contribution < -0.4 is 0 Å². The molecule has 1 saturated carbocycles. The molecule has 1 fully saturated rings. The van der Waals surface area contributed by atoms with Crippen molar-refractivity contribution in [2.45, 2.75) is 45.4 Å². The molecular formula is C21H28O4. The van der Waals surface area contributed by atoms with Crippen molar-refractivity contribution in [2.24, 2.45) is 11.3 Å². The Hall–Kier alpha value is -2.10. The van der Waals surface area contributed by atoms with Gasteiger partial charge in [0.25, 0.3) is 0 Å². The lowest BCUT2D eigenvalue weighted by Gasteiger charge is -2.30. The molecule has 2 rings (SSSR count). The Morgan fingerprint density at radius 2 is 1.76 bits per heavy atom. The first-order chi connectivity index (χ1) is 12.1. The third kappa shape index (κ3) is 3.94. The van der Waals surface area contributed by atoms with Crippen molar-refractivity contribution in [1.82, 2.24) is 0 Å². The fraction of sp³-hybridized carbons (Fsp3) is 0.524. The lowest BCUT2D eigenvalue weighted by atomic mass is 9.74. The number of carbonyl (C=O) groups is 2. The molecule has 1 unspecified atom stereocenters. The molecule has 0 amide bonds. The summed E-state index contributed by atoms with van der Waals surface area (Å²) in [6.45, 7) is 1.97. The molecule has 0 bridgehead atoms. The van der Waals surface area contributed by atoms with Gasteiger partial charge in [0.15, 0.2) is 5.41 Å². The first-order valence-corrected chi connectivity index (χ1v) is 8.96. The van der Waals surface area contributed by atoms with Crippen molar-refractivity contribution in [2.75, 3.05) is 14.2 Å². The number of esters is 2. The Morgan fingerprint density at radius 3 is 2.32 bits per heavy atom. The zero-order chi connectivity index (χ0) is 18.3. The SMILES string of the molecule is C/C=C1\CCC(C(=O)OC)(C(=O)OC)C1CCCCc1ccccc1. The van der Waals surface area contributed by atoms with Gasteiger partial charge >= 0.3 is 11.9 Å². The summed E-state index contributed by atoms with van der Waals surface area (Å²) >= 11 is 0. The predicted molar refractivity (Wildman–Crippen MR) is 96.9 cm³/mol. The van der Waals surface area contributed by atoms with Crippen molar-refractivity contribution >= 4 is 11.9 Å². The van der Waals surface area contributed by atoms with Gasteiger partial charge in [-0.05, 0) is 44.6 Å². The smallest absolute Gasteiger partial charge is 0.323 e. The number of hydrogen-bond donors (Lipinski definition) is 0. The maximum atomic E-state index is 12.5. The summed E-state index contributed by atoms with van der Waals surface area (Å²) in [5.74, 6) is -1.07. The summed E-state index contributed by atoms with van der Waals surface area (Å²) in [6, 6.07) is 10.4. The van der Waals surface area contributed by atoms with Crippen LogP contribution in [0, 0.1) is 11.3 Å². The van der Waals surface area contributed by atoms with Crippen LogP contribution in [-0.2, 0) is 25.5 Å². The van der Waals surface area contributed by atoms with Gasteiger partial charge in [0.1, 0.15) is 0 Å². The number of aryl methyl sites for hydroxylation is 1. The third-order valence-corrected chi connectivity index (χ3v) is 5.37. The minimum absolute atomic E-state index is 0.131. The summed E-state index contributed by atoms with van der Waals surface area (Å²) in [4.78, 5) is 25.0. The van der Waals surface area contributed by atoms with Crippen LogP contribution in [0.25, 0.3) is 0 Å². The van der Waals surface area contributed by atoms with Crippen molar-refractivity contribution < 1.29 is 19.1 Å². The largest absolute Gasteiger partial charge is 0.468 e. The second-order valence-electron chi connectivity index (χ2n) is 6.60. The normalized spacial score (nSPS) is 20.4. The Morgan fingerprint density at radius 1 is 1.12 bits per heavy atom. The van der Waals surface area contributed by atoms with Crippen LogP contribution in [-0.4, -0.2) is 26.2 Å². The van der Waals surface area contributed by atoms with E-state index >= 15 is 0 Å². The lowest BCUT2D eigenvalue weighted by Crippen LogP contribution is -2.44. The van der Waals surface area contributed by atoms with Crippen LogP contribution in [0.2, 0.25) is 0 Å². The van der Waals surface area contributed by atoms with E-state index in [9.17, 15) is 9.59 Å². The molecule has 0 aromatic heterocycles. The predicted octanol–water partition coefficient (Wildman–Crippen LogP) is 4.09. The van der Waals surface area contributed by atoms with Crippen LogP contribution in [0.3, 0.4) is 0 Å². The van der Waals surface area contributed by atoms with E-state index in [4.69, 9.17) is 9.47 Å². The Bertz CT molecular complexity index is 602. The van der Waals surface area contributed by atoms with Crippen LogP contribution in [0.15, 0.2) is 42.0 Å². The van der Waals surface area contributed by atoms with E-state index < -0.39 is 17.4 Å². The van der Waals surface area contributed by atoms with Gasteiger partial charge in [-0.25, -0.2) is 0 Å². The average molecular weight is 344 g/mol. The minimum atomic E-state index is -1.18. The molecule has 4 heteroatoms. The maximum Gasteiger partial charge on any atom is 0.323 e. The zero-order valence-electron chi connectivity index (χ0n) is 15.4. The van der Waals surface area contributed by atoms with Crippen molar-refractivity contribution in [1.29, 1.82) is 0 Å². The number of methoxy groups -OCH3 is 2. The van der Waals surface area contributed by atoms with Gasteiger partial charge in [-0.15, -0.1) is 0 Å². The minimum Gasteiger partial charge on any atom is -0.468 e. The van der Waals surface area contributed by atoms with Gasteiger partial charge < -0.3 is 9.47 Å². The molecule has 0 spiro atoms. The third-order valence-electron chi connectivity index (χ3n) is 5.37. The summed E-state index contributed by atoms with van der Waals surface area (Å²) < 4.78 is 9.98. The second kappa shape index (κ2) is 8.84. The highest BCUT2D eigenvalue weighted by Gasteiger charge is 2.58. The number of ether oxygens (including phenoxy) is 2. The Kier molecular flexibility index (Phi) is 6.80. The van der Waals surface area contributed by atoms with Gasteiger partial charge in [0.05, 0.1) is 14.2 Å².